The third kappa shape index (κ3) is 6.10. The fourth-order valence-corrected chi connectivity index (χ4v) is 1.78. The van der Waals surface area contributed by atoms with E-state index in [0.717, 1.165) is 24.4 Å². The zero-order valence-corrected chi connectivity index (χ0v) is 11.8. The second-order valence-corrected chi connectivity index (χ2v) is 4.34. The predicted molar refractivity (Wildman–Crippen MR) is 78.4 cm³/mol. The summed E-state index contributed by atoms with van der Waals surface area (Å²) < 4.78 is 0. The van der Waals surface area contributed by atoms with E-state index < -0.39 is 0 Å². The van der Waals surface area contributed by atoms with Crippen LogP contribution in [0.2, 0.25) is 0 Å². The van der Waals surface area contributed by atoms with Crippen LogP contribution in [-0.4, -0.2) is 25.2 Å². The molecule has 0 fully saturated rings. The van der Waals surface area contributed by atoms with E-state index in [2.05, 4.69) is 43.2 Å². The van der Waals surface area contributed by atoms with Crippen molar-refractivity contribution in [1.82, 2.24) is 4.90 Å². The second kappa shape index (κ2) is 8.80. The van der Waals surface area contributed by atoms with Gasteiger partial charge in [0.1, 0.15) is 0 Å². The van der Waals surface area contributed by atoms with Gasteiger partial charge >= 0.3 is 0 Å². The minimum absolute atomic E-state index is 0.954. The summed E-state index contributed by atoms with van der Waals surface area (Å²) in [5.41, 5.74) is 3.37. The van der Waals surface area contributed by atoms with Crippen LogP contribution in [0.4, 0.5) is 0 Å². The molecule has 0 aliphatic rings. The molecule has 0 aromatic rings. The van der Waals surface area contributed by atoms with Crippen molar-refractivity contribution in [1.29, 1.82) is 0 Å². The number of rotatable bonds is 8. The Bertz CT molecular complexity index is 311. The first kappa shape index (κ1) is 15.7. The molecule has 0 amide bonds. The normalized spacial score (nSPS) is 12.5. The van der Waals surface area contributed by atoms with E-state index in [-0.39, 0.29) is 0 Å². The van der Waals surface area contributed by atoms with Crippen molar-refractivity contribution in [3.05, 3.63) is 35.7 Å². The maximum Gasteiger partial charge on any atom is 0.0809 e. The number of hydrogen-bond acceptors (Lipinski definition) is 2. The molecule has 0 bridgehead atoms. The molecule has 2 nitrogen and oxygen atoms in total. The first-order valence-corrected chi connectivity index (χ1v) is 6.22. The molecular weight excluding hydrogens is 208 g/mol. The molecule has 96 valence electrons. The van der Waals surface area contributed by atoms with E-state index >= 15 is 0 Å². The Labute approximate surface area is 106 Å². The summed E-state index contributed by atoms with van der Waals surface area (Å²) in [5.74, 6) is 0. The third-order valence-corrected chi connectivity index (χ3v) is 2.74. The van der Waals surface area contributed by atoms with Crippen LogP contribution in [0.15, 0.2) is 40.7 Å². The molecule has 0 aromatic heterocycles. The Morgan fingerprint density at radius 3 is 2.29 bits per heavy atom. The maximum absolute atomic E-state index is 4.04. The standard InChI is InChI=1S/C15H26N2/c1-7-14(16-5)15(8-2)17(6)12-10-9-11-13(3)4/h7-8H,3,5,9-12H2,1-2,4,6H3/b14-7+,15-8+. The Morgan fingerprint density at radius 1 is 1.24 bits per heavy atom. The van der Waals surface area contributed by atoms with Gasteiger partial charge in [0.25, 0.3) is 0 Å². The Balaban J connectivity index is 4.24. The fraction of sp³-hybridized carbons (Fsp3) is 0.533. The minimum atomic E-state index is 0.954. The van der Waals surface area contributed by atoms with Gasteiger partial charge in [-0.3, -0.25) is 4.99 Å². The summed E-state index contributed by atoms with van der Waals surface area (Å²) in [6.07, 6.45) is 7.57. The van der Waals surface area contributed by atoms with E-state index in [9.17, 15) is 0 Å². The van der Waals surface area contributed by atoms with Gasteiger partial charge in [-0.25, -0.2) is 0 Å². The summed E-state index contributed by atoms with van der Waals surface area (Å²) in [4.78, 5) is 6.28. The summed E-state index contributed by atoms with van der Waals surface area (Å²) in [7, 11) is 2.10. The first-order chi connectivity index (χ1) is 8.06. The van der Waals surface area contributed by atoms with Crippen LogP contribution in [-0.2, 0) is 0 Å². The van der Waals surface area contributed by atoms with Crippen molar-refractivity contribution in [2.45, 2.75) is 40.0 Å². The molecule has 0 heterocycles. The highest BCUT2D eigenvalue weighted by Gasteiger charge is 2.06. The lowest BCUT2D eigenvalue weighted by Gasteiger charge is -2.22. The molecule has 0 rings (SSSR count). The Morgan fingerprint density at radius 2 is 1.88 bits per heavy atom. The smallest absolute Gasteiger partial charge is 0.0809 e. The van der Waals surface area contributed by atoms with Gasteiger partial charge in [-0.2, -0.15) is 0 Å². The van der Waals surface area contributed by atoms with Crippen LogP contribution in [0.5, 0.6) is 0 Å². The van der Waals surface area contributed by atoms with Gasteiger partial charge in [-0.1, -0.05) is 17.7 Å². The highest BCUT2D eigenvalue weighted by atomic mass is 15.1. The number of nitrogens with zero attached hydrogens (tertiary/aromatic N) is 2. The first-order valence-electron chi connectivity index (χ1n) is 6.22. The highest BCUT2D eigenvalue weighted by molar-refractivity contribution is 5.37. The summed E-state index contributed by atoms with van der Waals surface area (Å²) in [6.45, 7) is 14.7. The second-order valence-electron chi connectivity index (χ2n) is 4.34. The van der Waals surface area contributed by atoms with Gasteiger partial charge in [0.2, 0.25) is 0 Å². The topological polar surface area (TPSA) is 15.6 Å². The summed E-state index contributed by atoms with van der Waals surface area (Å²) in [5, 5.41) is 0. The number of aliphatic imine (C=N–C) groups is 1. The van der Waals surface area contributed by atoms with Crippen molar-refractivity contribution >= 4 is 6.72 Å². The molecule has 17 heavy (non-hydrogen) atoms. The molecule has 0 unspecified atom stereocenters. The number of unbranched alkanes of at least 4 members (excludes halogenated alkanes) is 1. The van der Waals surface area contributed by atoms with E-state index in [4.69, 9.17) is 0 Å². The van der Waals surface area contributed by atoms with Gasteiger partial charge in [0, 0.05) is 13.6 Å². The molecule has 2 heteroatoms. The molecular formula is C15H26N2. The van der Waals surface area contributed by atoms with Crippen LogP contribution in [0.1, 0.15) is 40.0 Å². The lowest BCUT2D eigenvalue weighted by atomic mass is 10.1. The molecule has 0 aliphatic heterocycles. The van der Waals surface area contributed by atoms with Crippen molar-refractivity contribution in [3.8, 4) is 0 Å². The zero-order chi connectivity index (χ0) is 13.3. The highest BCUT2D eigenvalue weighted by Crippen LogP contribution is 2.16. The fourth-order valence-electron chi connectivity index (χ4n) is 1.78. The van der Waals surface area contributed by atoms with Crippen LogP contribution in [0.3, 0.4) is 0 Å². The van der Waals surface area contributed by atoms with Crippen LogP contribution in [0.25, 0.3) is 0 Å². The van der Waals surface area contributed by atoms with Crippen molar-refractivity contribution < 1.29 is 0 Å². The van der Waals surface area contributed by atoms with Gasteiger partial charge in [0.05, 0.1) is 11.4 Å². The molecule has 0 radical (unpaired) electrons. The summed E-state index contributed by atoms with van der Waals surface area (Å²) in [6, 6.07) is 0. The van der Waals surface area contributed by atoms with Gasteiger partial charge in [-0.15, -0.1) is 6.58 Å². The molecule has 0 atom stereocenters. The summed E-state index contributed by atoms with van der Waals surface area (Å²) >= 11 is 0. The SMILES string of the molecule is C=NC(=C/C)/C(=C\C)N(C)CCCCC(=C)C. The van der Waals surface area contributed by atoms with E-state index in [0.29, 0.717) is 0 Å². The quantitative estimate of drug-likeness (QED) is 0.266. The number of allylic oxidation sites excluding steroid dienone is 3. The Kier molecular flexibility index (Phi) is 8.12. The molecule has 0 spiro atoms. The average molecular weight is 234 g/mol. The van der Waals surface area contributed by atoms with E-state index in [1.165, 1.54) is 18.4 Å². The average Bonchev–Trinajstić information content (AvgIpc) is 2.30. The van der Waals surface area contributed by atoms with Gasteiger partial charge < -0.3 is 4.90 Å². The van der Waals surface area contributed by atoms with Gasteiger partial charge in [-0.05, 0) is 46.8 Å². The minimum Gasteiger partial charge on any atom is -0.373 e. The van der Waals surface area contributed by atoms with Crippen molar-refractivity contribution in [2.75, 3.05) is 13.6 Å². The third-order valence-electron chi connectivity index (χ3n) is 2.74. The Hall–Kier alpha value is -1.31. The zero-order valence-electron chi connectivity index (χ0n) is 11.8. The van der Waals surface area contributed by atoms with E-state index in [1.54, 1.807) is 0 Å². The van der Waals surface area contributed by atoms with E-state index in [1.807, 2.05) is 19.9 Å². The monoisotopic (exact) mass is 234 g/mol. The molecule has 0 saturated carbocycles. The predicted octanol–water partition coefficient (Wildman–Crippen LogP) is 4.17. The van der Waals surface area contributed by atoms with Crippen LogP contribution in [0, 0.1) is 0 Å². The number of likely N-dealkylation sites (N-methyl/N-ethyl adjacent to an activating group) is 1. The molecule has 0 aliphatic carbocycles. The lowest BCUT2D eigenvalue weighted by molar-refractivity contribution is 0.407. The molecule has 0 aromatic carbocycles. The van der Waals surface area contributed by atoms with Gasteiger partial charge in [0.15, 0.2) is 0 Å². The van der Waals surface area contributed by atoms with Crippen LogP contribution >= 0.6 is 0 Å². The maximum atomic E-state index is 4.04. The molecule has 0 saturated heterocycles. The van der Waals surface area contributed by atoms with Crippen molar-refractivity contribution in [3.63, 3.8) is 0 Å². The van der Waals surface area contributed by atoms with Crippen LogP contribution < -0.4 is 0 Å². The number of hydrogen-bond donors (Lipinski definition) is 0. The van der Waals surface area contributed by atoms with Crippen molar-refractivity contribution in [2.24, 2.45) is 4.99 Å². The molecule has 0 N–H and O–H groups in total. The lowest BCUT2D eigenvalue weighted by Crippen LogP contribution is -2.20. The largest absolute Gasteiger partial charge is 0.373 e.